The Hall–Kier alpha value is -0.550. The summed E-state index contributed by atoms with van der Waals surface area (Å²) in [7, 11) is 0. The SMILES string of the molecule is OCCCSCCNC1CCNCc2ccccc21. The molecule has 106 valence electrons. The number of nitrogens with one attached hydrogen (secondary N) is 2. The third-order valence-electron chi connectivity index (χ3n) is 3.44. The van der Waals surface area contributed by atoms with Crippen LogP contribution in [0.3, 0.4) is 0 Å². The fraction of sp³-hybridized carbons (Fsp3) is 0.600. The van der Waals surface area contributed by atoms with E-state index in [1.165, 1.54) is 11.1 Å². The molecule has 3 N–H and O–H groups in total. The Kier molecular flexibility index (Phi) is 6.71. The van der Waals surface area contributed by atoms with E-state index in [1.54, 1.807) is 0 Å². The number of rotatable bonds is 7. The van der Waals surface area contributed by atoms with Crippen molar-refractivity contribution in [3.8, 4) is 0 Å². The Balaban J connectivity index is 1.79. The maximum absolute atomic E-state index is 8.73. The fourth-order valence-corrected chi connectivity index (χ4v) is 3.25. The van der Waals surface area contributed by atoms with Crippen molar-refractivity contribution in [2.45, 2.75) is 25.4 Å². The van der Waals surface area contributed by atoms with Gasteiger partial charge in [-0.3, -0.25) is 0 Å². The average Bonchev–Trinajstić information content (AvgIpc) is 2.65. The van der Waals surface area contributed by atoms with Crippen LogP contribution in [0.25, 0.3) is 0 Å². The highest BCUT2D eigenvalue weighted by atomic mass is 32.2. The van der Waals surface area contributed by atoms with Crippen LogP contribution in [-0.4, -0.2) is 36.3 Å². The van der Waals surface area contributed by atoms with Gasteiger partial charge in [0.05, 0.1) is 0 Å². The molecule has 1 heterocycles. The van der Waals surface area contributed by atoms with E-state index in [9.17, 15) is 0 Å². The lowest BCUT2D eigenvalue weighted by Gasteiger charge is -2.19. The monoisotopic (exact) mass is 280 g/mol. The van der Waals surface area contributed by atoms with Gasteiger partial charge in [0, 0.05) is 31.5 Å². The van der Waals surface area contributed by atoms with E-state index in [4.69, 9.17) is 5.11 Å². The summed E-state index contributed by atoms with van der Waals surface area (Å²) in [5.74, 6) is 2.17. The van der Waals surface area contributed by atoms with Gasteiger partial charge in [-0.1, -0.05) is 24.3 Å². The number of thioether (sulfide) groups is 1. The smallest absolute Gasteiger partial charge is 0.0438 e. The number of hydrogen-bond donors (Lipinski definition) is 3. The van der Waals surface area contributed by atoms with Gasteiger partial charge in [-0.2, -0.15) is 11.8 Å². The van der Waals surface area contributed by atoms with Gasteiger partial charge >= 0.3 is 0 Å². The summed E-state index contributed by atoms with van der Waals surface area (Å²) in [5, 5.41) is 15.9. The first-order chi connectivity index (χ1) is 9.42. The minimum atomic E-state index is 0.308. The maximum atomic E-state index is 8.73. The van der Waals surface area contributed by atoms with Crippen LogP contribution >= 0.6 is 11.8 Å². The molecule has 19 heavy (non-hydrogen) atoms. The first-order valence-corrected chi connectivity index (χ1v) is 8.28. The standard InChI is InChI=1S/C15H24N2OS/c18-9-3-10-19-11-8-17-15-6-7-16-12-13-4-1-2-5-14(13)15/h1-2,4-5,15-18H,3,6-12H2. The number of fused-ring (bicyclic) bond motifs is 1. The van der Waals surface area contributed by atoms with E-state index in [0.29, 0.717) is 12.6 Å². The lowest BCUT2D eigenvalue weighted by molar-refractivity contribution is 0.296. The summed E-state index contributed by atoms with van der Waals surface area (Å²) in [6, 6.07) is 9.20. The number of aliphatic hydroxyl groups excluding tert-OH is 1. The van der Waals surface area contributed by atoms with Crippen LogP contribution in [0, 0.1) is 0 Å². The van der Waals surface area contributed by atoms with Crippen LogP contribution in [0.5, 0.6) is 0 Å². The normalized spacial score (nSPS) is 18.9. The van der Waals surface area contributed by atoms with E-state index in [0.717, 1.165) is 44.0 Å². The summed E-state index contributed by atoms with van der Waals surface area (Å²) < 4.78 is 0. The zero-order valence-corrected chi connectivity index (χ0v) is 12.2. The Bertz CT molecular complexity index is 373. The second-order valence-electron chi connectivity index (χ2n) is 4.86. The third-order valence-corrected chi connectivity index (χ3v) is 4.51. The minimum Gasteiger partial charge on any atom is -0.396 e. The van der Waals surface area contributed by atoms with Gasteiger partial charge in [0.25, 0.3) is 0 Å². The first kappa shape index (κ1) is 14.9. The largest absolute Gasteiger partial charge is 0.396 e. The number of hydrogen-bond acceptors (Lipinski definition) is 4. The molecule has 1 aromatic rings. The molecule has 0 aromatic heterocycles. The summed E-state index contributed by atoms with van der Waals surface area (Å²) >= 11 is 1.91. The molecule has 0 bridgehead atoms. The molecule has 0 spiro atoms. The third kappa shape index (κ3) is 4.80. The molecular formula is C15H24N2OS. The van der Waals surface area contributed by atoms with Gasteiger partial charge in [0.2, 0.25) is 0 Å². The fourth-order valence-electron chi connectivity index (χ4n) is 2.45. The number of aliphatic hydroxyl groups is 1. The van der Waals surface area contributed by atoms with Crippen LogP contribution < -0.4 is 10.6 Å². The molecule has 0 aliphatic carbocycles. The summed E-state index contributed by atoms with van der Waals surface area (Å²) in [5.41, 5.74) is 2.87. The van der Waals surface area contributed by atoms with Gasteiger partial charge in [-0.05, 0) is 36.3 Å². The highest BCUT2D eigenvalue weighted by Crippen LogP contribution is 2.23. The quantitative estimate of drug-likeness (QED) is 0.668. The zero-order chi connectivity index (χ0) is 13.3. The predicted octanol–water partition coefficient (Wildman–Crippen LogP) is 1.93. The predicted molar refractivity (Wildman–Crippen MR) is 82.5 cm³/mol. The van der Waals surface area contributed by atoms with Crippen molar-refractivity contribution in [1.29, 1.82) is 0 Å². The molecule has 0 saturated heterocycles. The molecule has 4 heteroatoms. The molecule has 1 aliphatic heterocycles. The molecule has 0 saturated carbocycles. The Morgan fingerprint density at radius 3 is 3.11 bits per heavy atom. The van der Waals surface area contributed by atoms with Crippen LogP contribution in [0.4, 0.5) is 0 Å². The van der Waals surface area contributed by atoms with E-state index >= 15 is 0 Å². The van der Waals surface area contributed by atoms with Crippen LogP contribution in [0.1, 0.15) is 30.0 Å². The Labute approximate surface area is 120 Å². The van der Waals surface area contributed by atoms with Gasteiger partial charge in [0.1, 0.15) is 0 Å². The molecule has 1 unspecified atom stereocenters. The van der Waals surface area contributed by atoms with E-state index < -0.39 is 0 Å². The van der Waals surface area contributed by atoms with Crippen molar-refractivity contribution in [3.05, 3.63) is 35.4 Å². The topological polar surface area (TPSA) is 44.3 Å². The van der Waals surface area contributed by atoms with Crippen molar-refractivity contribution >= 4 is 11.8 Å². The average molecular weight is 280 g/mol. The molecule has 3 nitrogen and oxygen atoms in total. The van der Waals surface area contributed by atoms with Crippen LogP contribution in [0.15, 0.2) is 24.3 Å². The molecule has 1 aliphatic rings. The molecular weight excluding hydrogens is 256 g/mol. The highest BCUT2D eigenvalue weighted by molar-refractivity contribution is 7.99. The van der Waals surface area contributed by atoms with Gasteiger partial charge in [-0.25, -0.2) is 0 Å². The second-order valence-corrected chi connectivity index (χ2v) is 6.09. The molecule has 0 fully saturated rings. The van der Waals surface area contributed by atoms with Crippen molar-refractivity contribution in [3.63, 3.8) is 0 Å². The highest BCUT2D eigenvalue weighted by Gasteiger charge is 2.16. The lowest BCUT2D eigenvalue weighted by Crippen LogP contribution is -2.25. The van der Waals surface area contributed by atoms with Gasteiger partial charge in [0.15, 0.2) is 0 Å². The Morgan fingerprint density at radius 2 is 2.21 bits per heavy atom. The van der Waals surface area contributed by atoms with Crippen molar-refractivity contribution in [2.75, 3.05) is 31.2 Å². The molecule has 0 radical (unpaired) electrons. The van der Waals surface area contributed by atoms with E-state index in [1.807, 2.05) is 11.8 Å². The van der Waals surface area contributed by atoms with Crippen molar-refractivity contribution in [1.82, 2.24) is 10.6 Å². The maximum Gasteiger partial charge on any atom is 0.0438 e. The van der Waals surface area contributed by atoms with E-state index in [2.05, 4.69) is 34.9 Å². The van der Waals surface area contributed by atoms with Crippen LogP contribution in [-0.2, 0) is 6.54 Å². The summed E-state index contributed by atoms with van der Waals surface area (Å²) in [6.07, 6.45) is 2.05. The van der Waals surface area contributed by atoms with Crippen LogP contribution in [0.2, 0.25) is 0 Å². The van der Waals surface area contributed by atoms with Crippen molar-refractivity contribution < 1.29 is 5.11 Å². The zero-order valence-electron chi connectivity index (χ0n) is 11.4. The number of benzene rings is 1. The summed E-state index contributed by atoms with van der Waals surface area (Å²) in [4.78, 5) is 0. The van der Waals surface area contributed by atoms with Crippen molar-refractivity contribution in [2.24, 2.45) is 0 Å². The van der Waals surface area contributed by atoms with Gasteiger partial charge in [-0.15, -0.1) is 0 Å². The van der Waals surface area contributed by atoms with E-state index in [-0.39, 0.29) is 0 Å². The molecule has 2 rings (SSSR count). The summed E-state index contributed by atoms with van der Waals surface area (Å²) in [6.45, 7) is 3.40. The molecule has 0 amide bonds. The molecule has 1 aromatic carbocycles. The lowest BCUT2D eigenvalue weighted by atomic mass is 9.99. The van der Waals surface area contributed by atoms with Gasteiger partial charge < -0.3 is 15.7 Å². The Morgan fingerprint density at radius 1 is 1.32 bits per heavy atom. The molecule has 1 atom stereocenters. The second kappa shape index (κ2) is 8.59. The minimum absolute atomic E-state index is 0.308. The first-order valence-electron chi connectivity index (χ1n) is 7.12.